The van der Waals surface area contributed by atoms with Crippen LogP contribution in [0.5, 0.6) is 11.5 Å². The van der Waals surface area contributed by atoms with Crippen LogP contribution >= 0.6 is 11.3 Å². The average Bonchev–Trinajstić information content (AvgIpc) is 3.34. The molecule has 10 heteroatoms. The fourth-order valence-corrected chi connectivity index (χ4v) is 3.16. The lowest BCUT2D eigenvalue weighted by Gasteiger charge is -2.11. The summed E-state index contributed by atoms with van der Waals surface area (Å²) in [6.07, 6.45) is 2.15. The minimum absolute atomic E-state index is 0.127. The van der Waals surface area contributed by atoms with Gasteiger partial charge in [-0.15, -0.1) is 10.2 Å². The van der Waals surface area contributed by atoms with Gasteiger partial charge in [-0.3, -0.25) is 20.2 Å². The lowest BCUT2D eigenvalue weighted by Crippen LogP contribution is -2.14. The third-order valence-corrected chi connectivity index (χ3v) is 4.61. The maximum Gasteiger partial charge on any atom is 0.286 e. The highest BCUT2D eigenvalue weighted by atomic mass is 32.1. The molecular weight excluding hydrogens is 348 g/mol. The van der Waals surface area contributed by atoms with Gasteiger partial charge in [0.15, 0.2) is 11.5 Å². The first-order valence-corrected chi connectivity index (χ1v) is 8.49. The number of anilines is 1. The van der Waals surface area contributed by atoms with Crippen molar-refractivity contribution in [2.75, 3.05) is 19.0 Å². The Morgan fingerprint density at radius 2 is 2.16 bits per heavy atom. The monoisotopic (exact) mass is 364 g/mol. The molecule has 0 atom stereocenters. The second-order valence-corrected chi connectivity index (χ2v) is 6.39. The van der Waals surface area contributed by atoms with Gasteiger partial charge in [-0.25, -0.2) is 0 Å². The number of hydrogen-bond acceptors (Lipinski definition) is 8. The Hall–Kier alpha value is -2.75. The second kappa shape index (κ2) is 7.01. The highest BCUT2D eigenvalue weighted by molar-refractivity contribution is 7.15. The molecule has 0 bridgehead atoms. The Labute approximate surface area is 147 Å². The van der Waals surface area contributed by atoms with Crippen LogP contribution < -0.4 is 14.8 Å². The summed E-state index contributed by atoms with van der Waals surface area (Å²) in [6.45, 7) is 2.09. The number of amides is 1. The highest BCUT2D eigenvalue weighted by Crippen LogP contribution is 2.42. The molecule has 1 heterocycles. The van der Waals surface area contributed by atoms with E-state index in [9.17, 15) is 14.9 Å². The summed E-state index contributed by atoms with van der Waals surface area (Å²) in [7, 11) is 1.38. The quantitative estimate of drug-likeness (QED) is 0.593. The van der Waals surface area contributed by atoms with E-state index in [0.717, 1.165) is 17.8 Å². The molecule has 1 saturated carbocycles. The molecule has 0 aliphatic heterocycles. The van der Waals surface area contributed by atoms with Gasteiger partial charge in [0.25, 0.3) is 11.6 Å². The molecule has 1 aromatic carbocycles. The van der Waals surface area contributed by atoms with Gasteiger partial charge in [0.2, 0.25) is 5.13 Å². The zero-order chi connectivity index (χ0) is 18.0. The molecule has 132 valence electrons. The molecule has 1 amide bonds. The van der Waals surface area contributed by atoms with Crippen molar-refractivity contribution in [3.63, 3.8) is 0 Å². The largest absolute Gasteiger partial charge is 0.493 e. The Morgan fingerprint density at radius 1 is 1.40 bits per heavy atom. The van der Waals surface area contributed by atoms with Crippen molar-refractivity contribution in [2.45, 2.75) is 25.7 Å². The predicted molar refractivity (Wildman–Crippen MR) is 90.7 cm³/mol. The van der Waals surface area contributed by atoms with Gasteiger partial charge in [0.05, 0.1) is 24.7 Å². The Morgan fingerprint density at radius 3 is 2.76 bits per heavy atom. The van der Waals surface area contributed by atoms with Gasteiger partial charge >= 0.3 is 0 Å². The summed E-state index contributed by atoms with van der Waals surface area (Å²) in [5, 5.41) is 23.0. The molecule has 3 rings (SSSR count). The van der Waals surface area contributed by atoms with Crippen molar-refractivity contribution in [1.29, 1.82) is 0 Å². The number of hydrogen-bond donors (Lipinski definition) is 1. The molecule has 1 aliphatic rings. The molecule has 9 nitrogen and oxygen atoms in total. The van der Waals surface area contributed by atoms with Crippen molar-refractivity contribution in [1.82, 2.24) is 10.2 Å². The number of nitrogens with one attached hydrogen (secondary N) is 1. The molecule has 0 unspecified atom stereocenters. The predicted octanol–water partition coefficient (Wildman–Crippen LogP) is 2.98. The number of nitro benzene ring substituents is 1. The second-order valence-electron chi connectivity index (χ2n) is 5.38. The molecule has 0 spiro atoms. The third-order valence-electron chi connectivity index (χ3n) is 3.61. The van der Waals surface area contributed by atoms with E-state index in [-0.39, 0.29) is 22.7 Å². The van der Waals surface area contributed by atoms with Crippen LogP contribution in [0.4, 0.5) is 10.8 Å². The minimum Gasteiger partial charge on any atom is -0.493 e. The zero-order valence-electron chi connectivity index (χ0n) is 13.6. The normalized spacial score (nSPS) is 13.4. The van der Waals surface area contributed by atoms with Crippen LogP contribution in [0.1, 0.15) is 41.0 Å². The average molecular weight is 364 g/mol. The molecule has 1 aromatic heterocycles. The number of benzene rings is 1. The number of nitro groups is 1. The number of carbonyl (C=O) groups excluding carboxylic acids is 1. The molecule has 1 aliphatic carbocycles. The standard InChI is InChI=1S/C15H16N4O5S/c1-3-24-12-6-9(10(19(21)22)7-11(12)23-2)13(20)16-15-18-17-14(25-15)8-4-5-8/h6-8H,3-5H2,1-2H3,(H,16,18,20). The van der Waals surface area contributed by atoms with Gasteiger partial charge in [0, 0.05) is 12.0 Å². The maximum absolute atomic E-state index is 12.5. The zero-order valence-corrected chi connectivity index (χ0v) is 14.5. The number of methoxy groups -OCH3 is 1. The summed E-state index contributed by atoms with van der Waals surface area (Å²) in [6, 6.07) is 2.48. The first-order valence-electron chi connectivity index (χ1n) is 7.67. The number of rotatable bonds is 7. The van der Waals surface area contributed by atoms with Gasteiger partial charge < -0.3 is 9.47 Å². The maximum atomic E-state index is 12.5. The molecule has 25 heavy (non-hydrogen) atoms. The van der Waals surface area contributed by atoms with Crippen molar-refractivity contribution < 1.29 is 19.2 Å². The molecule has 0 radical (unpaired) electrons. The lowest BCUT2D eigenvalue weighted by atomic mass is 10.1. The van der Waals surface area contributed by atoms with Crippen LogP contribution in [0.15, 0.2) is 12.1 Å². The van der Waals surface area contributed by atoms with Crippen molar-refractivity contribution in [2.24, 2.45) is 0 Å². The van der Waals surface area contributed by atoms with Crippen LogP contribution in [0.25, 0.3) is 0 Å². The summed E-state index contributed by atoms with van der Waals surface area (Å²) >= 11 is 1.28. The Balaban J connectivity index is 1.90. The van der Waals surface area contributed by atoms with Crippen LogP contribution in [0.2, 0.25) is 0 Å². The van der Waals surface area contributed by atoms with E-state index in [2.05, 4.69) is 15.5 Å². The Bertz CT molecular complexity index is 818. The van der Waals surface area contributed by atoms with Crippen molar-refractivity contribution >= 4 is 28.1 Å². The number of aromatic nitrogens is 2. The number of nitrogens with zero attached hydrogens (tertiary/aromatic N) is 3. The molecule has 1 fully saturated rings. The summed E-state index contributed by atoms with van der Waals surface area (Å²) in [5.41, 5.74) is -0.498. The van der Waals surface area contributed by atoms with Gasteiger partial charge in [-0.05, 0) is 19.8 Å². The van der Waals surface area contributed by atoms with Gasteiger partial charge in [0.1, 0.15) is 10.6 Å². The minimum atomic E-state index is -0.645. The van der Waals surface area contributed by atoms with Crippen LogP contribution in [-0.4, -0.2) is 34.7 Å². The van der Waals surface area contributed by atoms with E-state index in [4.69, 9.17) is 9.47 Å². The van der Waals surface area contributed by atoms with Gasteiger partial charge in [-0.2, -0.15) is 0 Å². The van der Waals surface area contributed by atoms with E-state index in [1.54, 1.807) is 6.92 Å². The first kappa shape index (κ1) is 17.1. The van der Waals surface area contributed by atoms with Crippen molar-refractivity contribution in [3.05, 3.63) is 32.8 Å². The fraction of sp³-hybridized carbons (Fsp3) is 0.400. The Kier molecular flexibility index (Phi) is 4.79. The number of ether oxygens (including phenoxy) is 2. The van der Waals surface area contributed by atoms with Crippen LogP contribution in [0, 0.1) is 10.1 Å². The summed E-state index contributed by atoms with van der Waals surface area (Å²) in [4.78, 5) is 23.2. The number of carbonyl (C=O) groups is 1. The summed E-state index contributed by atoms with van der Waals surface area (Å²) in [5.74, 6) is 0.227. The molecule has 0 saturated heterocycles. The van der Waals surface area contributed by atoms with Crippen LogP contribution in [-0.2, 0) is 0 Å². The lowest BCUT2D eigenvalue weighted by molar-refractivity contribution is -0.385. The van der Waals surface area contributed by atoms with E-state index in [1.807, 2.05) is 0 Å². The molecule has 1 N–H and O–H groups in total. The third kappa shape index (κ3) is 3.68. The molecule has 2 aromatic rings. The topological polar surface area (TPSA) is 116 Å². The smallest absolute Gasteiger partial charge is 0.286 e. The van der Waals surface area contributed by atoms with Gasteiger partial charge in [-0.1, -0.05) is 11.3 Å². The van der Waals surface area contributed by atoms with Crippen molar-refractivity contribution in [3.8, 4) is 11.5 Å². The summed E-state index contributed by atoms with van der Waals surface area (Å²) < 4.78 is 10.5. The highest BCUT2D eigenvalue weighted by Gasteiger charge is 2.29. The van der Waals surface area contributed by atoms with E-state index < -0.39 is 10.8 Å². The van der Waals surface area contributed by atoms with E-state index in [0.29, 0.717) is 17.7 Å². The fourth-order valence-electron chi connectivity index (χ4n) is 2.25. The molecular formula is C15H16N4O5S. The van der Waals surface area contributed by atoms with E-state index >= 15 is 0 Å². The SMILES string of the molecule is CCOc1cc(C(=O)Nc2nnc(C3CC3)s2)c([N+](=O)[O-])cc1OC. The first-order chi connectivity index (χ1) is 12.0. The van der Waals surface area contributed by atoms with Crippen LogP contribution in [0.3, 0.4) is 0 Å². The van der Waals surface area contributed by atoms with E-state index in [1.165, 1.54) is 30.6 Å².